The third-order valence-corrected chi connectivity index (χ3v) is 2.81. The van der Waals surface area contributed by atoms with E-state index in [1.807, 2.05) is 6.92 Å². The third-order valence-electron chi connectivity index (χ3n) is 2.81. The molecule has 0 radical (unpaired) electrons. The van der Waals surface area contributed by atoms with E-state index in [-0.39, 0.29) is 11.7 Å². The quantitative estimate of drug-likeness (QED) is 0.888. The number of aromatic nitrogens is 2. The van der Waals surface area contributed by atoms with Crippen molar-refractivity contribution >= 4 is 17.3 Å². The first-order valence-electron chi connectivity index (χ1n) is 5.91. The molecule has 6 heteroatoms. The first kappa shape index (κ1) is 13.1. The molecule has 100 valence electrons. The van der Waals surface area contributed by atoms with Crippen LogP contribution in [0.25, 0.3) is 0 Å². The van der Waals surface area contributed by atoms with Gasteiger partial charge in [0.05, 0.1) is 11.4 Å². The minimum atomic E-state index is -0.362. The van der Waals surface area contributed by atoms with E-state index in [1.54, 1.807) is 7.05 Å². The maximum absolute atomic E-state index is 12.8. The van der Waals surface area contributed by atoms with Gasteiger partial charge in [-0.15, -0.1) is 0 Å². The van der Waals surface area contributed by atoms with Crippen molar-refractivity contribution in [1.82, 2.24) is 9.78 Å². The van der Waals surface area contributed by atoms with Crippen molar-refractivity contribution in [3.8, 4) is 0 Å². The fourth-order valence-electron chi connectivity index (χ4n) is 1.85. The van der Waals surface area contributed by atoms with Gasteiger partial charge in [-0.05, 0) is 30.7 Å². The summed E-state index contributed by atoms with van der Waals surface area (Å²) in [7, 11) is 1.66. The Balaban J connectivity index is 2.25. The second kappa shape index (κ2) is 5.09. The molecule has 0 aliphatic heterocycles. The van der Waals surface area contributed by atoms with E-state index in [0.717, 1.165) is 0 Å². The molecule has 0 fully saturated rings. The molecule has 19 heavy (non-hydrogen) atoms. The average molecular weight is 262 g/mol. The summed E-state index contributed by atoms with van der Waals surface area (Å²) in [5.41, 5.74) is 7.77. The molecule has 0 atom stereocenters. The standard InChI is InChI=1S/C13H15FN4O/c1-3-10-11(15)12(18(2)17-10)13(19)16-9-6-4-8(14)5-7-9/h4-7H,3,15H2,1-2H3,(H,16,19). The number of aryl methyl sites for hydroxylation is 2. The molecule has 0 spiro atoms. The number of halogens is 1. The van der Waals surface area contributed by atoms with Gasteiger partial charge in [0.2, 0.25) is 0 Å². The summed E-state index contributed by atoms with van der Waals surface area (Å²) in [4.78, 5) is 12.1. The van der Waals surface area contributed by atoms with Gasteiger partial charge in [0, 0.05) is 12.7 Å². The lowest BCUT2D eigenvalue weighted by Crippen LogP contribution is -2.17. The Morgan fingerprint density at radius 1 is 1.42 bits per heavy atom. The summed E-state index contributed by atoms with van der Waals surface area (Å²) in [5, 5.41) is 6.83. The van der Waals surface area contributed by atoms with Crippen molar-refractivity contribution in [3.05, 3.63) is 41.5 Å². The summed E-state index contributed by atoms with van der Waals surface area (Å²) in [6.45, 7) is 1.92. The van der Waals surface area contributed by atoms with Gasteiger partial charge < -0.3 is 11.1 Å². The molecule has 0 saturated carbocycles. The van der Waals surface area contributed by atoms with E-state index in [2.05, 4.69) is 10.4 Å². The summed E-state index contributed by atoms with van der Waals surface area (Å²) >= 11 is 0. The fourth-order valence-corrected chi connectivity index (χ4v) is 1.85. The molecular weight excluding hydrogens is 247 g/mol. The van der Waals surface area contributed by atoms with E-state index >= 15 is 0 Å². The van der Waals surface area contributed by atoms with Gasteiger partial charge in [-0.25, -0.2) is 4.39 Å². The molecule has 0 bridgehead atoms. The molecule has 1 amide bonds. The summed E-state index contributed by atoms with van der Waals surface area (Å²) in [6.07, 6.45) is 0.656. The number of nitrogens with one attached hydrogen (secondary N) is 1. The van der Waals surface area contributed by atoms with Crippen molar-refractivity contribution in [2.45, 2.75) is 13.3 Å². The van der Waals surface area contributed by atoms with Crippen LogP contribution in [0, 0.1) is 5.82 Å². The highest BCUT2D eigenvalue weighted by Crippen LogP contribution is 2.18. The van der Waals surface area contributed by atoms with Crippen molar-refractivity contribution in [2.24, 2.45) is 7.05 Å². The molecule has 1 aromatic carbocycles. The Labute approximate surface area is 110 Å². The number of nitrogens with zero attached hydrogens (tertiary/aromatic N) is 2. The van der Waals surface area contributed by atoms with Crippen molar-refractivity contribution in [1.29, 1.82) is 0 Å². The molecule has 0 unspecified atom stereocenters. The van der Waals surface area contributed by atoms with Gasteiger partial charge >= 0.3 is 0 Å². The average Bonchev–Trinajstić information content (AvgIpc) is 2.67. The van der Waals surface area contributed by atoms with Crippen LogP contribution in [0.5, 0.6) is 0 Å². The molecule has 2 aromatic rings. The predicted octanol–water partition coefficient (Wildman–Crippen LogP) is 1.96. The van der Waals surface area contributed by atoms with Crippen LogP contribution >= 0.6 is 0 Å². The number of hydrogen-bond donors (Lipinski definition) is 2. The minimum Gasteiger partial charge on any atom is -0.395 e. The number of benzene rings is 1. The topological polar surface area (TPSA) is 72.9 Å². The molecule has 0 aliphatic carbocycles. The van der Waals surface area contributed by atoms with Crippen LogP contribution < -0.4 is 11.1 Å². The van der Waals surface area contributed by atoms with Crippen LogP contribution in [0.15, 0.2) is 24.3 Å². The van der Waals surface area contributed by atoms with Crippen LogP contribution in [-0.4, -0.2) is 15.7 Å². The van der Waals surface area contributed by atoms with Crippen LogP contribution in [0.2, 0.25) is 0 Å². The van der Waals surface area contributed by atoms with Crippen LogP contribution in [-0.2, 0) is 13.5 Å². The lowest BCUT2D eigenvalue weighted by Gasteiger charge is -2.06. The number of nitrogens with two attached hydrogens (primary N) is 1. The molecule has 5 nitrogen and oxygen atoms in total. The number of hydrogen-bond acceptors (Lipinski definition) is 3. The number of nitrogen functional groups attached to an aromatic ring is 1. The van der Waals surface area contributed by atoms with Gasteiger partial charge in [-0.2, -0.15) is 5.10 Å². The van der Waals surface area contributed by atoms with Crippen LogP contribution in [0.3, 0.4) is 0 Å². The first-order valence-corrected chi connectivity index (χ1v) is 5.91. The van der Waals surface area contributed by atoms with Gasteiger partial charge in [0.15, 0.2) is 0 Å². The van der Waals surface area contributed by atoms with Crippen molar-refractivity contribution in [2.75, 3.05) is 11.1 Å². The van der Waals surface area contributed by atoms with Crippen LogP contribution in [0.4, 0.5) is 15.8 Å². The second-order valence-electron chi connectivity index (χ2n) is 4.15. The Bertz CT molecular complexity index is 604. The summed E-state index contributed by atoms with van der Waals surface area (Å²) in [5.74, 6) is -0.717. The molecule has 2 rings (SSSR count). The van der Waals surface area contributed by atoms with E-state index in [4.69, 9.17) is 5.73 Å². The van der Waals surface area contributed by atoms with Crippen molar-refractivity contribution < 1.29 is 9.18 Å². The van der Waals surface area contributed by atoms with Gasteiger partial charge in [-0.3, -0.25) is 9.48 Å². The monoisotopic (exact) mass is 262 g/mol. The van der Waals surface area contributed by atoms with Crippen LogP contribution in [0.1, 0.15) is 23.1 Å². The van der Waals surface area contributed by atoms with Crippen molar-refractivity contribution in [3.63, 3.8) is 0 Å². The second-order valence-corrected chi connectivity index (χ2v) is 4.15. The first-order chi connectivity index (χ1) is 9.02. The summed E-state index contributed by atoms with van der Waals surface area (Å²) in [6, 6.07) is 5.53. The Morgan fingerprint density at radius 3 is 2.58 bits per heavy atom. The van der Waals surface area contributed by atoms with E-state index in [0.29, 0.717) is 29.2 Å². The zero-order valence-electron chi connectivity index (χ0n) is 10.8. The fraction of sp³-hybridized carbons (Fsp3) is 0.231. The number of anilines is 2. The van der Waals surface area contributed by atoms with Gasteiger partial charge in [0.25, 0.3) is 5.91 Å². The number of carbonyl (C=O) groups is 1. The maximum atomic E-state index is 12.8. The normalized spacial score (nSPS) is 10.5. The zero-order valence-corrected chi connectivity index (χ0v) is 10.8. The van der Waals surface area contributed by atoms with Gasteiger partial charge in [-0.1, -0.05) is 6.92 Å². The number of rotatable bonds is 3. The highest BCUT2D eigenvalue weighted by atomic mass is 19.1. The number of carbonyl (C=O) groups excluding carboxylic acids is 1. The molecule has 3 N–H and O–H groups in total. The SMILES string of the molecule is CCc1nn(C)c(C(=O)Nc2ccc(F)cc2)c1N. The molecule has 0 aliphatic rings. The molecule has 0 saturated heterocycles. The van der Waals surface area contributed by atoms with E-state index in [9.17, 15) is 9.18 Å². The minimum absolute atomic E-state index is 0.307. The largest absolute Gasteiger partial charge is 0.395 e. The smallest absolute Gasteiger partial charge is 0.276 e. The molecule has 1 heterocycles. The lowest BCUT2D eigenvalue weighted by atomic mass is 10.2. The highest BCUT2D eigenvalue weighted by molar-refractivity contribution is 6.06. The maximum Gasteiger partial charge on any atom is 0.276 e. The van der Waals surface area contributed by atoms with Gasteiger partial charge in [0.1, 0.15) is 11.5 Å². The Morgan fingerprint density at radius 2 is 2.05 bits per heavy atom. The Hall–Kier alpha value is -2.37. The van der Waals surface area contributed by atoms with E-state index in [1.165, 1.54) is 28.9 Å². The molecular formula is C13H15FN4O. The predicted molar refractivity (Wildman–Crippen MR) is 71.4 cm³/mol. The highest BCUT2D eigenvalue weighted by Gasteiger charge is 2.19. The lowest BCUT2D eigenvalue weighted by molar-refractivity contribution is 0.101. The zero-order chi connectivity index (χ0) is 14.0. The van der Waals surface area contributed by atoms with E-state index < -0.39 is 0 Å². The summed E-state index contributed by atoms with van der Waals surface area (Å²) < 4.78 is 14.2. The third kappa shape index (κ3) is 2.57. The number of amides is 1. The Kier molecular flexibility index (Phi) is 3.50. The molecule has 1 aromatic heterocycles.